The van der Waals surface area contributed by atoms with E-state index in [1.54, 1.807) is 6.07 Å². The van der Waals surface area contributed by atoms with Crippen LogP contribution in [0.4, 0.5) is 4.39 Å². The molecule has 0 saturated carbocycles. The van der Waals surface area contributed by atoms with E-state index in [0.717, 1.165) is 24.1 Å². The number of nitrogens with one attached hydrogen (secondary N) is 1. The van der Waals surface area contributed by atoms with Crippen molar-refractivity contribution in [3.63, 3.8) is 0 Å². The quantitative estimate of drug-likeness (QED) is 0.786. The minimum atomic E-state index is -0.0754. The van der Waals surface area contributed by atoms with Gasteiger partial charge in [0.05, 0.1) is 0 Å². The summed E-state index contributed by atoms with van der Waals surface area (Å²) in [4.78, 5) is 0. The molecule has 1 aliphatic rings. The third kappa shape index (κ3) is 2.37. The molecule has 0 amide bonds. The molecule has 15 heavy (non-hydrogen) atoms. The first-order valence-electron chi connectivity index (χ1n) is 5.66. The Bertz CT molecular complexity index is 354. The minimum absolute atomic E-state index is 0.0754. The smallest absolute Gasteiger partial charge is 0.126 e. The fourth-order valence-corrected chi connectivity index (χ4v) is 2.28. The standard InChI is InChI=1S/C13H18FN/c1-9-6-10(2)13(14)8-11(9)7-12-4-3-5-15-12/h6,8,12,15H,3-5,7H2,1-2H3. The van der Waals surface area contributed by atoms with Gasteiger partial charge in [-0.05, 0) is 62.4 Å². The summed E-state index contributed by atoms with van der Waals surface area (Å²) in [5.41, 5.74) is 3.11. The van der Waals surface area contributed by atoms with Gasteiger partial charge in [-0.15, -0.1) is 0 Å². The zero-order chi connectivity index (χ0) is 10.8. The number of rotatable bonds is 2. The number of hydrogen-bond donors (Lipinski definition) is 1. The highest BCUT2D eigenvalue weighted by Crippen LogP contribution is 2.18. The Kier molecular flexibility index (Phi) is 3.06. The third-order valence-electron chi connectivity index (χ3n) is 3.25. The summed E-state index contributed by atoms with van der Waals surface area (Å²) in [7, 11) is 0. The second kappa shape index (κ2) is 4.31. The van der Waals surface area contributed by atoms with Gasteiger partial charge in [0.25, 0.3) is 0 Å². The van der Waals surface area contributed by atoms with E-state index in [4.69, 9.17) is 0 Å². The molecule has 1 N–H and O–H groups in total. The van der Waals surface area contributed by atoms with E-state index in [-0.39, 0.29) is 5.82 Å². The number of halogens is 1. The van der Waals surface area contributed by atoms with Crippen LogP contribution in [0.15, 0.2) is 12.1 Å². The highest BCUT2D eigenvalue weighted by atomic mass is 19.1. The van der Waals surface area contributed by atoms with Crippen molar-refractivity contribution in [2.45, 2.75) is 39.2 Å². The first-order valence-corrected chi connectivity index (χ1v) is 5.66. The van der Waals surface area contributed by atoms with Gasteiger partial charge in [0, 0.05) is 6.04 Å². The molecule has 1 aliphatic heterocycles. The number of aryl methyl sites for hydroxylation is 2. The van der Waals surface area contributed by atoms with E-state index in [1.807, 2.05) is 13.0 Å². The van der Waals surface area contributed by atoms with Gasteiger partial charge in [0.1, 0.15) is 5.82 Å². The maximum Gasteiger partial charge on any atom is 0.126 e. The second-order valence-corrected chi connectivity index (χ2v) is 4.53. The van der Waals surface area contributed by atoms with Crippen molar-refractivity contribution in [3.05, 3.63) is 34.6 Å². The van der Waals surface area contributed by atoms with E-state index < -0.39 is 0 Å². The zero-order valence-electron chi connectivity index (χ0n) is 9.44. The maximum absolute atomic E-state index is 13.4. The molecule has 0 aliphatic carbocycles. The summed E-state index contributed by atoms with van der Waals surface area (Å²) >= 11 is 0. The van der Waals surface area contributed by atoms with Crippen molar-refractivity contribution in [1.29, 1.82) is 0 Å². The van der Waals surface area contributed by atoms with Gasteiger partial charge in [-0.3, -0.25) is 0 Å². The van der Waals surface area contributed by atoms with E-state index in [0.29, 0.717) is 6.04 Å². The van der Waals surface area contributed by atoms with Gasteiger partial charge in [0.15, 0.2) is 0 Å². The summed E-state index contributed by atoms with van der Waals surface area (Å²) < 4.78 is 13.4. The fraction of sp³-hybridized carbons (Fsp3) is 0.538. The first kappa shape index (κ1) is 10.6. The molecule has 0 aromatic heterocycles. The SMILES string of the molecule is Cc1cc(C)c(CC2CCCN2)cc1F. The van der Waals surface area contributed by atoms with Crippen molar-refractivity contribution in [2.24, 2.45) is 0 Å². The van der Waals surface area contributed by atoms with Crippen molar-refractivity contribution in [1.82, 2.24) is 5.32 Å². The summed E-state index contributed by atoms with van der Waals surface area (Å²) in [5.74, 6) is -0.0754. The lowest BCUT2D eigenvalue weighted by molar-refractivity contribution is 0.588. The molecule has 1 nitrogen and oxygen atoms in total. The Hall–Kier alpha value is -0.890. The van der Waals surface area contributed by atoms with Crippen LogP contribution in [0.1, 0.15) is 29.5 Å². The summed E-state index contributed by atoms with van der Waals surface area (Å²) in [6.45, 7) is 4.99. The largest absolute Gasteiger partial charge is 0.314 e. The van der Waals surface area contributed by atoms with Gasteiger partial charge in [-0.1, -0.05) is 6.07 Å². The van der Waals surface area contributed by atoms with Crippen molar-refractivity contribution >= 4 is 0 Å². The van der Waals surface area contributed by atoms with Crippen molar-refractivity contribution in [3.8, 4) is 0 Å². The lowest BCUT2D eigenvalue weighted by atomic mass is 9.98. The molecule has 1 heterocycles. The van der Waals surface area contributed by atoms with Crippen LogP contribution in [0, 0.1) is 19.7 Å². The van der Waals surface area contributed by atoms with E-state index in [1.165, 1.54) is 18.4 Å². The lowest BCUT2D eigenvalue weighted by Crippen LogP contribution is -2.24. The molecule has 1 aromatic carbocycles. The first-order chi connectivity index (χ1) is 7.16. The van der Waals surface area contributed by atoms with Crippen molar-refractivity contribution in [2.75, 3.05) is 6.54 Å². The minimum Gasteiger partial charge on any atom is -0.314 e. The van der Waals surface area contributed by atoms with Crippen LogP contribution in [0.25, 0.3) is 0 Å². The number of benzene rings is 1. The molecule has 0 bridgehead atoms. The van der Waals surface area contributed by atoms with Crippen LogP contribution >= 0.6 is 0 Å². The Morgan fingerprint density at radius 1 is 1.33 bits per heavy atom. The molecular formula is C13H18FN. The summed E-state index contributed by atoms with van der Waals surface area (Å²) in [6, 6.07) is 4.19. The van der Waals surface area contributed by atoms with Gasteiger partial charge >= 0.3 is 0 Å². The van der Waals surface area contributed by atoms with Crippen LogP contribution in [0.2, 0.25) is 0 Å². The zero-order valence-corrected chi connectivity index (χ0v) is 9.44. The fourth-order valence-electron chi connectivity index (χ4n) is 2.28. The molecule has 1 fully saturated rings. The average Bonchev–Trinajstić information content (AvgIpc) is 2.67. The van der Waals surface area contributed by atoms with E-state index >= 15 is 0 Å². The maximum atomic E-state index is 13.4. The Balaban J connectivity index is 2.16. The van der Waals surface area contributed by atoms with Crippen LogP contribution in [0.3, 0.4) is 0 Å². The summed E-state index contributed by atoms with van der Waals surface area (Å²) in [6.07, 6.45) is 3.43. The molecule has 0 spiro atoms. The van der Waals surface area contributed by atoms with Gasteiger partial charge in [-0.25, -0.2) is 4.39 Å². The number of hydrogen-bond acceptors (Lipinski definition) is 1. The molecule has 0 radical (unpaired) electrons. The molecule has 1 unspecified atom stereocenters. The molecular weight excluding hydrogens is 189 g/mol. The Labute approximate surface area is 90.7 Å². The lowest BCUT2D eigenvalue weighted by Gasteiger charge is -2.13. The predicted octanol–water partition coefficient (Wildman–Crippen LogP) is 2.74. The Morgan fingerprint density at radius 2 is 2.13 bits per heavy atom. The van der Waals surface area contributed by atoms with Gasteiger partial charge < -0.3 is 5.32 Å². The van der Waals surface area contributed by atoms with E-state index in [2.05, 4.69) is 12.2 Å². The molecule has 1 aromatic rings. The molecule has 1 saturated heterocycles. The third-order valence-corrected chi connectivity index (χ3v) is 3.25. The topological polar surface area (TPSA) is 12.0 Å². The van der Waals surface area contributed by atoms with Crippen LogP contribution in [-0.2, 0) is 6.42 Å². The monoisotopic (exact) mass is 207 g/mol. The summed E-state index contributed by atoms with van der Waals surface area (Å²) in [5, 5.41) is 3.44. The molecule has 2 heteroatoms. The van der Waals surface area contributed by atoms with Crippen LogP contribution in [-0.4, -0.2) is 12.6 Å². The second-order valence-electron chi connectivity index (χ2n) is 4.53. The van der Waals surface area contributed by atoms with Gasteiger partial charge in [0.2, 0.25) is 0 Å². The molecule has 1 atom stereocenters. The van der Waals surface area contributed by atoms with Crippen LogP contribution < -0.4 is 5.32 Å². The highest BCUT2D eigenvalue weighted by molar-refractivity contribution is 5.32. The highest BCUT2D eigenvalue weighted by Gasteiger charge is 2.16. The normalized spacial score (nSPS) is 20.9. The predicted molar refractivity (Wildman–Crippen MR) is 60.6 cm³/mol. The van der Waals surface area contributed by atoms with Gasteiger partial charge in [-0.2, -0.15) is 0 Å². The molecule has 82 valence electrons. The van der Waals surface area contributed by atoms with Crippen molar-refractivity contribution < 1.29 is 4.39 Å². The van der Waals surface area contributed by atoms with E-state index in [9.17, 15) is 4.39 Å². The Morgan fingerprint density at radius 3 is 2.80 bits per heavy atom. The average molecular weight is 207 g/mol. The van der Waals surface area contributed by atoms with Crippen LogP contribution in [0.5, 0.6) is 0 Å². The molecule has 2 rings (SSSR count).